The van der Waals surface area contributed by atoms with Gasteiger partial charge in [-0.3, -0.25) is 0 Å². The molecule has 1 aromatic rings. The zero-order chi connectivity index (χ0) is 24.5. The minimum absolute atomic E-state index is 0.243. The number of benzene rings is 1. The van der Waals surface area contributed by atoms with Crippen LogP contribution in [-0.4, -0.2) is 30.9 Å². The summed E-state index contributed by atoms with van der Waals surface area (Å²) in [6, 6.07) is 7.33. The minimum Gasteiger partial charge on any atom is -0.491 e. The van der Waals surface area contributed by atoms with Crippen molar-refractivity contribution in [3.8, 4) is 88.6 Å². The average molecular weight is 448 g/mol. The second-order valence-electron chi connectivity index (χ2n) is 6.98. The second-order valence-corrected chi connectivity index (χ2v) is 6.98. The van der Waals surface area contributed by atoms with Crippen molar-refractivity contribution in [1.82, 2.24) is 5.32 Å². The van der Waals surface area contributed by atoms with Crippen LogP contribution in [0.25, 0.3) is 0 Å². The van der Waals surface area contributed by atoms with E-state index in [1.807, 2.05) is 24.3 Å². The lowest BCUT2D eigenvalue weighted by Gasteiger charge is -2.13. The summed E-state index contributed by atoms with van der Waals surface area (Å²) in [5.74, 6) is 37.3. The van der Waals surface area contributed by atoms with Crippen molar-refractivity contribution in [2.45, 2.75) is 52.1 Å². The Labute approximate surface area is 205 Å². The number of aliphatic hydroxyl groups is 1. The minimum atomic E-state index is -0.544. The first-order valence-corrected chi connectivity index (χ1v) is 11.3. The third kappa shape index (κ3) is 16.5. The second kappa shape index (κ2) is 20.7. The summed E-state index contributed by atoms with van der Waals surface area (Å²) in [7, 11) is 0. The molecule has 0 aliphatic rings. The van der Waals surface area contributed by atoms with Gasteiger partial charge in [-0.05, 0) is 115 Å². The summed E-state index contributed by atoms with van der Waals surface area (Å²) in [6.45, 7) is 5.62. The molecule has 1 atom stereocenters. The van der Waals surface area contributed by atoms with E-state index < -0.39 is 6.10 Å². The monoisotopic (exact) mass is 447 g/mol. The molecule has 0 amide bonds. The van der Waals surface area contributed by atoms with E-state index in [1.54, 1.807) is 6.92 Å². The number of hydrogen-bond acceptors (Lipinski definition) is 3. The summed E-state index contributed by atoms with van der Waals surface area (Å²) in [4.78, 5) is 0. The highest BCUT2D eigenvalue weighted by Crippen LogP contribution is 2.11. The summed E-state index contributed by atoms with van der Waals surface area (Å²) in [5.41, 5.74) is 0.809. The van der Waals surface area contributed by atoms with Crippen molar-refractivity contribution in [2.75, 3.05) is 19.7 Å². The molecule has 0 radical (unpaired) electrons. The molecular weight excluding hydrogens is 418 g/mol. The van der Waals surface area contributed by atoms with Crippen LogP contribution in [0.15, 0.2) is 24.3 Å². The normalized spacial score (nSPS) is 8.91. The van der Waals surface area contributed by atoms with E-state index in [2.05, 4.69) is 95.1 Å². The molecule has 0 saturated heterocycles. The van der Waals surface area contributed by atoms with E-state index >= 15 is 0 Å². The lowest BCUT2D eigenvalue weighted by molar-refractivity contribution is 0.106. The predicted molar refractivity (Wildman–Crippen MR) is 139 cm³/mol. The van der Waals surface area contributed by atoms with Gasteiger partial charge in [0.15, 0.2) is 0 Å². The molecule has 0 spiro atoms. The Morgan fingerprint density at radius 1 is 0.765 bits per heavy atom. The third-order valence-corrected chi connectivity index (χ3v) is 4.15. The van der Waals surface area contributed by atoms with Gasteiger partial charge in [-0.25, -0.2) is 0 Å². The molecule has 170 valence electrons. The summed E-state index contributed by atoms with van der Waals surface area (Å²) < 4.78 is 5.64. The van der Waals surface area contributed by atoms with Gasteiger partial charge in [-0.2, -0.15) is 0 Å². The van der Waals surface area contributed by atoms with Crippen LogP contribution in [0.1, 0.15) is 51.5 Å². The first kappa shape index (κ1) is 27.9. The molecule has 1 aromatic carbocycles. The van der Waals surface area contributed by atoms with Gasteiger partial charge in [0.1, 0.15) is 18.5 Å². The van der Waals surface area contributed by atoms with Crippen LogP contribution in [0.5, 0.6) is 5.75 Å². The Morgan fingerprint density at radius 3 is 1.91 bits per heavy atom. The van der Waals surface area contributed by atoms with Crippen molar-refractivity contribution >= 4 is 0 Å². The van der Waals surface area contributed by atoms with Gasteiger partial charge in [-0.15, -0.1) is 0 Å². The standard InChI is InChI=1S/C31H29NO2/c1-3-5-7-9-10-11-12-13-14-15-16-17-19-21-29-22-24-31(25-23-29)34-28-30(33)27-32-26-20-18-8-6-4-2/h22-25,30,32-33H,4,6,8,18,20,26-28H2,1-2H3. The van der Waals surface area contributed by atoms with E-state index in [4.69, 9.17) is 4.74 Å². The number of hydrogen-bond donors (Lipinski definition) is 2. The maximum atomic E-state index is 10.0. The highest BCUT2D eigenvalue weighted by Gasteiger charge is 2.04. The smallest absolute Gasteiger partial charge is 0.119 e. The first-order valence-electron chi connectivity index (χ1n) is 11.3. The Bertz CT molecular complexity index is 1180. The molecule has 0 fully saturated rings. The number of unbranched alkanes of at least 4 members (excludes halogenated alkanes) is 4. The molecular formula is C31H29NO2. The van der Waals surface area contributed by atoms with Crippen molar-refractivity contribution in [2.24, 2.45) is 0 Å². The zero-order valence-electron chi connectivity index (χ0n) is 19.9. The Kier molecular flexibility index (Phi) is 17.0. The molecule has 2 N–H and O–H groups in total. The fourth-order valence-electron chi connectivity index (χ4n) is 2.49. The summed E-state index contributed by atoms with van der Waals surface area (Å²) in [5, 5.41) is 13.3. The van der Waals surface area contributed by atoms with Gasteiger partial charge in [0.05, 0.1) is 0 Å². The molecule has 0 bridgehead atoms. The van der Waals surface area contributed by atoms with Crippen LogP contribution in [0.2, 0.25) is 0 Å². The molecule has 3 nitrogen and oxygen atoms in total. The molecule has 0 aromatic heterocycles. The molecule has 1 unspecified atom stereocenters. The summed E-state index contributed by atoms with van der Waals surface area (Å²) in [6.07, 6.45) is 5.66. The first-order chi connectivity index (χ1) is 16.8. The van der Waals surface area contributed by atoms with Crippen molar-refractivity contribution in [3.63, 3.8) is 0 Å². The summed E-state index contributed by atoms with van der Waals surface area (Å²) >= 11 is 0. The van der Waals surface area contributed by atoms with Crippen molar-refractivity contribution in [3.05, 3.63) is 29.8 Å². The Hall–Kier alpha value is -4.14. The SMILES string of the molecule is CC#CC#CC#CC#CC#CC#CC#Cc1ccc(OCC(O)CNCCCCCCC)cc1. The van der Waals surface area contributed by atoms with Gasteiger partial charge in [0.2, 0.25) is 0 Å². The van der Waals surface area contributed by atoms with Crippen LogP contribution in [-0.2, 0) is 0 Å². The van der Waals surface area contributed by atoms with Crippen molar-refractivity contribution in [1.29, 1.82) is 0 Å². The van der Waals surface area contributed by atoms with Gasteiger partial charge < -0.3 is 15.2 Å². The van der Waals surface area contributed by atoms with E-state index in [1.165, 1.54) is 25.7 Å². The topological polar surface area (TPSA) is 41.5 Å². The van der Waals surface area contributed by atoms with Gasteiger partial charge in [0, 0.05) is 12.1 Å². The molecule has 0 aliphatic heterocycles. The van der Waals surface area contributed by atoms with Crippen LogP contribution in [0.3, 0.4) is 0 Å². The Balaban J connectivity index is 2.32. The fraction of sp³-hybridized carbons (Fsp3) is 0.355. The molecule has 3 heteroatoms. The van der Waals surface area contributed by atoms with Gasteiger partial charge >= 0.3 is 0 Å². The lowest BCUT2D eigenvalue weighted by atomic mass is 10.1. The lowest BCUT2D eigenvalue weighted by Crippen LogP contribution is -2.32. The maximum Gasteiger partial charge on any atom is 0.119 e. The highest BCUT2D eigenvalue weighted by molar-refractivity contribution is 5.47. The number of ether oxygens (including phenoxy) is 1. The van der Waals surface area contributed by atoms with Crippen molar-refractivity contribution < 1.29 is 9.84 Å². The Morgan fingerprint density at radius 2 is 1.32 bits per heavy atom. The van der Waals surface area contributed by atoms with Crippen LogP contribution in [0.4, 0.5) is 0 Å². The predicted octanol–water partition coefficient (Wildman–Crippen LogP) is 3.38. The van der Waals surface area contributed by atoms with Gasteiger partial charge in [0.25, 0.3) is 0 Å². The average Bonchev–Trinajstić information content (AvgIpc) is 2.85. The van der Waals surface area contributed by atoms with E-state index in [-0.39, 0.29) is 6.61 Å². The number of nitrogens with one attached hydrogen (secondary N) is 1. The van der Waals surface area contributed by atoms with E-state index in [9.17, 15) is 5.11 Å². The number of rotatable bonds is 11. The van der Waals surface area contributed by atoms with Crippen LogP contribution >= 0.6 is 0 Å². The number of aliphatic hydroxyl groups excluding tert-OH is 1. The largest absolute Gasteiger partial charge is 0.491 e. The van der Waals surface area contributed by atoms with Crippen LogP contribution in [0, 0.1) is 82.9 Å². The molecule has 0 heterocycles. The zero-order valence-corrected chi connectivity index (χ0v) is 19.9. The molecule has 1 rings (SSSR count). The van der Waals surface area contributed by atoms with E-state index in [0.29, 0.717) is 12.3 Å². The highest BCUT2D eigenvalue weighted by atomic mass is 16.5. The van der Waals surface area contributed by atoms with Crippen LogP contribution < -0.4 is 10.1 Å². The molecule has 34 heavy (non-hydrogen) atoms. The quantitative estimate of drug-likeness (QED) is 0.404. The molecule has 0 saturated carbocycles. The maximum absolute atomic E-state index is 10.0. The third-order valence-electron chi connectivity index (χ3n) is 4.15. The molecule has 0 aliphatic carbocycles. The fourth-order valence-corrected chi connectivity index (χ4v) is 2.49. The van der Waals surface area contributed by atoms with E-state index in [0.717, 1.165) is 18.5 Å². The van der Waals surface area contributed by atoms with Gasteiger partial charge in [-0.1, -0.05) is 44.4 Å².